The van der Waals surface area contributed by atoms with Crippen LogP contribution in [0.2, 0.25) is 0 Å². The standard InChI is InChI=1S/C20H26N4O2/c1-15(16-7-9-18(10-8-16)24-12-11-21-14-24)23-19(25)13-22-20(26)17-5-3-2-4-6-17/h7-12,14-15,17H,2-6,13H2,1H3,(H,22,26)(H,23,25). The number of hydrogen-bond donors (Lipinski definition) is 2. The SMILES string of the molecule is CC(NC(=O)CNC(=O)C1CCCCC1)c1ccc(-n2ccnc2)cc1. The molecule has 26 heavy (non-hydrogen) atoms. The lowest BCUT2D eigenvalue weighted by molar-refractivity contribution is -0.129. The summed E-state index contributed by atoms with van der Waals surface area (Å²) in [6, 6.07) is 7.84. The van der Waals surface area contributed by atoms with Gasteiger partial charge in [-0.25, -0.2) is 4.98 Å². The highest BCUT2D eigenvalue weighted by Crippen LogP contribution is 2.23. The van der Waals surface area contributed by atoms with Gasteiger partial charge in [-0.1, -0.05) is 31.4 Å². The summed E-state index contributed by atoms with van der Waals surface area (Å²) in [5.74, 6) is -0.0813. The zero-order valence-electron chi connectivity index (χ0n) is 15.1. The highest BCUT2D eigenvalue weighted by molar-refractivity contribution is 5.86. The van der Waals surface area contributed by atoms with Gasteiger partial charge >= 0.3 is 0 Å². The Labute approximate surface area is 154 Å². The van der Waals surface area contributed by atoms with Gasteiger partial charge in [-0.2, -0.15) is 0 Å². The molecule has 6 heteroatoms. The number of carbonyl (C=O) groups excluding carboxylic acids is 2. The fourth-order valence-corrected chi connectivity index (χ4v) is 3.40. The molecule has 0 aliphatic heterocycles. The number of rotatable bonds is 6. The molecular formula is C20H26N4O2. The number of nitrogens with zero attached hydrogens (tertiary/aromatic N) is 2. The average molecular weight is 354 g/mol. The minimum atomic E-state index is -0.166. The van der Waals surface area contributed by atoms with Gasteiger partial charge in [0.1, 0.15) is 0 Å². The molecule has 3 rings (SSSR count). The molecule has 1 aliphatic rings. The second kappa shape index (κ2) is 8.65. The lowest BCUT2D eigenvalue weighted by Gasteiger charge is -2.21. The first kappa shape index (κ1) is 18.2. The van der Waals surface area contributed by atoms with Gasteiger partial charge in [0.05, 0.1) is 18.9 Å². The van der Waals surface area contributed by atoms with Crippen LogP contribution in [-0.4, -0.2) is 27.9 Å². The molecular weight excluding hydrogens is 328 g/mol. The van der Waals surface area contributed by atoms with Crippen LogP contribution < -0.4 is 10.6 Å². The van der Waals surface area contributed by atoms with Gasteiger partial charge in [0.25, 0.3) is 0 Å². The van der Waals surface area contributed by atoms with E-state index in [-0.39, 0.29) is 30.3 Å². The Kier molecular flexibility index (Phi) is 6.04. The Morgan fingerprint density at radius 2 is 1.92 bits per heavy atom. The number of carbonyl (C=O) groups is 2. The molecule has 0 spiro atoms. The minimum Gasteiger partial charge on any atom is -0.348 e. The van der Waals surface area contributed by atoms with E-state index in [1.807, 2.05) is 42.0 Å². The van der Waals surface area contributed by atoms with Crippen LogP contribution >= 0.6 is 0 Å². The molecule has 1 heterocycles. The lowest BCUT2D eigenvalue weighted by atomic mass is 9.89. The maximum absolute atomic E-state index is 12.1. The zero-order chi connectivity index (χ0) is 18.4. The van der Waals surface area contributed by atoms with E-state index >= 15 is 0 Å². The summed E-state index contributed by atoms with van der Waals surface area (Å²) in [5, 5.41) is 5.71. The second-order valence-electron chi connectivity index (χ2n) is 6.90. The van der Waals surface area contributed by atoms with Crippen LogP contribution in [0.4, 0.5) is 0 Å². The van der Waals surface area contributed by atoms with E-state index in [0.717, 1.165) is 36.9 Å². The first-order chi connectivity index (χ1) is 12.6. The maximum Gasteiger partial charge on any atom is 0.239 e. The highest BCUT2D eigenvalue weighted by atomic mass is 16.2. The zero-order valence-corrected chi connectivity index (χ0v) is 15.1. The minimum absolute atomic E-state index is 0.0113. The van der Waals surface area contributed by atoms with Crippen molar-refractivity contribution in [2.45, 2.75) is 45.1 Å². The summed E-state index contributed by atoms with van der Waals surface area (Å²) >= 11 is 0. The first-order valence-corrected chi connectivity index (χ1v) is 9.29. The van der Waals surface area contributed by atoms with Crippen LogP contribution in [0.3, 0.4) is 0 Å². The number of imidazole rings is 1. The monoisotopic (exact) mass is 354 g/mol. The van der Waals surface area contributed by atoms with Crippen molar-refractivity contribution in [3.05, 3.63) is 48.5 Å². The summed E-state index contributed by atoms with van der Waals surface area (Å²) in [7, 11) is 0. The number of nitrogens with one attached hydrogen (secondary N) is 2. The Morgan fingerprint density at radius 1 is 1.19 bits per heavy atom. The fraction of sp³-hybridized carbons (Fsp3) is 0.450. The molecule has 138 valence electrons. The predicted molar refractivity (Wildman–Crippen MR) is 99.7 cm³/mol. The van der Waals surface area contributed by atoms with E-state index < -0.39 is 0 Å². The largest absolute Gasteiger partial charge is 0.348 e. The normalized spacial score (nSPS) is 16.0. The van der Waals surface area contributed by atoms with Crippen LogP contribution in [0.5, 0.6) is 0 Å². The van der Waals surface area contributed by atoms with Crippen molar-refractivity contribution < 1.29 is 9.59 Å². The van der Waals surface area contributed by atoms with Crippen LogP contribution in [0.15, 0.2) is 43.0 Å². The first-order valence-electron chi connectivity index (χ1n) is 9.29. The molecule has 0 bridgehead atoms. The van der Waals surface area contributed by atoms with Crippen molar-refractivity contribution in [1.82, 2.24) is 20.2 Å². The van der Waals surface area contributed by atoms with Crippen LogP contribution in [0, 0.1) is 5.92 Å². The third kappa shape index (κ3) is 4.71. The van der Waals surface area contributed by atoms with Crippen molar-refractivity contribution in [3.63, 3.8) is 0 Å². The van der Waals surface area contributed by atoms with Crippen molar-refractivity contribution in [2.24, 2.45) is 5.92 Å². The van der Waals surface area contributed by atoms with Gasteiger partial charge in [0.2, 0.25) is 11.8 Å². The summed E-state index contributed by atoms with van der Waals surface area (Å²) in [4.78, 5) is 28.3. The van der Waals surface area contributed by atoms with Crippen LogP contribution in [-0.2, 0) is 9.59 Å². The van der Waals surface area contributed by atoms with Crippen molar-refractivity contribution in [2.75, 3.05) is 6.54 Å². The fourth-order valence-electron chi connectivity index (χ4n) is 3.40. The molecule has 1 atom stereocenters. The molecule has 1 aliphatic carbocycles. The number of amides is 2. The number of aromatic nitrogens is 2. The van der Waals surface area contributed by atoms with E-state index in [4.69, 9.17) is 0 Å². The van der Waals surface area contributed by atoms with E-state index in [0.29, 0.717) is 0 Å². The molecule has 1 saturated carbocycles. The van der Waals surface area contributed by atoms with Crippen LogP contribution in [0.25, 0.3) is 5.69 Å². The van der Waals surface area contributed by atoms with Crippen molar-refractivity contribution in [1.29, 1.82) is 0 Å². The summed E-state index contributed by atoms with van der Waals surface area (Å²) < 4.78 is 1.92. The molecule has 2 amide bonds. The summed E-state index contributed by atoms with van der Waals surface area (Å²) in [6.07, 6.45) is 10.7. The quantitative estimate of drug-likeness (QED) is 0.837. The van der Waals surface area contributed by atoms with E-state index in [1.165, 1.54) is 6.42 Å². The molecule has 2 aromatic rings. The Balaban J connectivity index is 1.47. The Bertz CT molecular complexity index is 719. The average Bonchev–Trinajstić information content (AvgIpc) is 3.21. The summed E-state index contributed by atoms with van der Waals surface area (Å²) in [6.45, 7) is 1.97. The highest BCUT2D eigenvalue weighted by Gasteiger charge is 2.21. The van der Waals surface area contributed by atoms with Gasteiger partial charge in [0, 0.05) is 24.0 Å². The molecule has 1 aromatic heterocycles. The van der Waals surface area contributed by atoms with Crippen molar-refractivity contribution >= 4 is 11.8 Å². The number of benzene rings is 1. The smallest absolute Gasteiger partial charge is 0.239 e. The van der Waals surface area contributed by atoms with E-state index in [2.05, 4.69) is 15.6 Å². The summed E-state index contributed by atoms with van der Waals surface area (Å²) in [5.41, 5.74) is 2.03. The maximum atomic E-state index is 12.1. The van der Waals surface area contributed by atoms with Gasteiger partial charge < -0.3 is 15.2 Å². The number of hydrogen-bond acceptors (Lipinski definition) is 3. The van der Waals surface area contributed by atoms with E-state index in [9.17, 15) is 9.59 Å². The van der Waals surface area contributed by atoms with Crippen molar-refractivity contribution in [3.8, 4) is 5.69 Å². The van der Waals surface area contributed by atoms with Gasteiger partial charge in [-0.05, 0) is 37.5 Å². The Morgan fingerprint density at radius 3 is 2.58 bits per heavy atom. The van der Waals surface area contributed by atoms with Gasteiger partial charge in [0.15, 0.2) is 0 Å². The molecule has 1 aromatic carbocycles. The van der Waals surface area contributed by atoms with Gasteiger partial charge in [-0.3, -0.25) is 9.59 Å². The lowest BCUT2D eigenvalue weighted by Crippen LogP contribution is -2.40. The molecule has 0 saturated heterocycles. The molecule has 2 N–H and O–H groups in total. The molecule has 0 radical (unpaired) electrons. The third-order valence-electron chi connectivity index (χ3n) is 4.97. The third-order valence-corrected chi connectivity index (χ3v) is 4.97. The molecule has 1 fully saturated rings. The predicted octanol–water partition coefficient (Wildman–Crippen LogP) is 2.75. The van der Waals surface area contributed by atoms with Crippen LogP contribution in [0.1, 0.15) is 50.6 Å². The second-order valence-corrected chi connectivity index (χ2v) is 6.90. The molecule has 6 nitrogen and oxygen atoms in total. The Hall–Kier alpha value is -2.63. The van der Waals surface area contributed by atoms with Gasteiger partial charge in [-0.15, -0.1) is 0 Å². The topological polar surface area (TPSA) is 76.0 Å². The molecule has 1 unspecified atom stereocenters. The van der Waals surface area contributed by atoms with E-state index in [1.54, 1.807) is 12.5 Å².